The second-order valence-corrected chi connectivity index (χ2v) is 4.40. The van der Waals surface area contributed by atoms with E-state index in [0.29, 0.717) is 12.2 Å². The molecule has 1 aliphatic rings. The average molecular weight is 199 g/mol. The number of ether oxygens (including phenoxy) is 2. The fraction of sp³-hybridized carbons (Fsp3) is 0.917. The normalized spacial score (nSPS) is 33.6. The lowest BCUT2D eigenvalue weighted by molar-refractivity contribution is -0.181. The van der Waals surface area contributed by atoms with Crippen molar-refractivity contribution in [1.82, 2.24) is 0 Å². The standard InChI is InChI=1S/C12H23O2/c1-5-10-8-13-12(7-9(3)4)11(6-2)14-10/h10-12H,5-8H2,1-4H3. The van der Waals surface area contributed by atoms with E-state index in [1.165, 1.54) is 5.92 Å². The minimum atomic E-state index is 0.285. The third-order valence-corrected chi connectivity index (χ3v) is 2.75. The maximum absolute atomic E-state index is 5.96. The molecule has 14 heavy (non-hydrogen) atoms. The van der Waals surface area contributed by atoms with Crippen molar-refractivity contribution < 1.29 is 9.47 Å². The predicted octanol–water partition coefficient (Wildman–Crippen LogP) is 2.96. The number of hydrogen-bond acceptors (Lipinski definition) is 2. The second kappa shape index (κ2) is 5.72. The van der Waals surface area contributed by atoms with Gasteiger partial charge < -0.3 is 9.47 Å². The zero-order valence-electron chi connectivity index (χ0n) is 9.88. The first-order chi connectivity index (χ1) is 6.67. The SMILES string of the molecule is CCC1COC(C[C](C)C)C(CC)O1. The molecule has 0 saturated carbocycles. The summed E-state index contributed by atoms with van der Waals surface area (Å²) in [6.07, 6.45) is 4.03. The van der Waals surface area contributed by atoms with Crippen molar-refractivity contribution in [2.75, 3.05) is 6.61 Å². The number of hydrogen-bond donors (Lipinski definition) is 0. The monoisotopic (exact) mass is 199 g/mol. The first-order valence-corrected chi connectivity index (χ1v) is 5.73. The Morgan fingerprint density at radius 3 is 2.36 bits per heavy atom. The molecule has 0 aliphatic carbocycles. The first-order valence-electron chi connectivity index (χ1n) is 5.73. The Balaban J connectivity index is 2.43. The van der Waals surface area contributed by atoms with Gasteiger partial charge in [-0.1, -0.05) is 27.7 Å². The molecule has 1 fully saturated rings. The topological polar surface area (TPSA) is 18.5 Å². The van der Waals surface area contributed by atoms with E-state index in [4.69, 9.17) is 9.47 Å². The van der Waals surface area contributed by atoms with Crippen molar-refractivity contribution in [3.8, 4) is 0 Å². The van der Waals surface area contributed by atoms with Crippen LogP contribution in [0.4, 0.5) is 0 Å². The van der Waals surface area contributed by atoms with Crippen LogP contribution in [0.1, 0.15) is 47.0 Å². The largest absolute Gasteiger partial charge is 0.373 e. The van der Waals surface area contributed by atoms with Crippen molar-refractivity contribution in [3.05, 3.63) is 5.92 Å². The Bertz CT molecular complexity index is 156. The van der Waals surface area contributed by atoms with Crippen LogP contribution < -0.4 is 0 Å². The molecule has 0 aromatic heterocycles. The molecule has 1 rings (SSSR count). The quantitative estimate of drug-likeness (QED) is 0.693. The van der Waals surface area contributed by atoms with Crippen LogP contribution in [0.15, 0.2) is 0 Å². The zero-order chi connectivity index (χ0) is 10.6. The van der Waals surface area contributed by atoms with Crippen molar-refractivity contribution in [2.45, 2.75) is 65.3 Å². The third-order valence-electron chi connectivity index (χ3n) is 2.75. The molecular formula is C12H23O2. The molecule has 3 unspecified atom stereocenters. The molecule has 83 valence electrons. The van der Waals surface area contributed by atoms with Gasteiger partial charge in [0.05, 0.1) is 24.9 Å². The van der Waals surface area contributed by atoms with E-state index in [-0.39, 0.29) is 6.10 Å². The molecule has 0 aromatic rings. The van der Waals surface area contributed by atoms with Crippen LogP contribution in [-0.4, -0.2) is 24.9 Å². The molecule has 1 saturated heterocycles. The van der Waals surface area contributed by atoms with E-state index in [9.17, 15) is 0 Å². The molecular weight excluding hydrogens is 176 g/mol. The lowest BCUT2D eigenvalue weighted by Crippen LogP contribution is -2.43. The maximum Gasteiger partial charge on any atom is 0.0843 e. The van der Waals surface area contributed by atoms with Gasteiger partial charge in [0.25, 0.3) is 0 Å². The van der Waals surface area contributed by atoms with Crippen LogP contribution in [0.3, 0.4) is 0 Å². The molecule has 0 spiro atoms. The van der Waals surface area contributed by atoms with E-state index in [1.807, 2.05) is 0 Å². The van der Waals surface area contributed by atoms with Crippen molar-refractivity contribution in [3.63, 3.8) is 0 Å². The summed E-state index contributed by atoms with van der Waals surface area (Å²) in [5, 5.41) is 0. The minimum absolute atomic E-state index is 0.285. The van der Waals surface area contributed by atoms with Crippen LogP contribution in [-0.2, 0) is 9.47 Å². The van der Waals surface area contributed by atoms with E-state index in [2.05, 4.69) is 27.7 Å². The second-order valence-electron chi connectivity index (χ2n) is 4.40. The Hall–Kier alpha value is -0.0800. The average Bonchev–Trinajstić information content (AvgIpc) is 2.17. The summed E-state index contributed by atoms with van der Waals surface area (Å²) in [6.45, 7) is 9.40. The van der Waals surface area contributed by atoms with Crippen molar-refractivity contribution in [1.29, 1.82) is 0 Å². The van der Waals surface area contributed by atoms with Gasteiger partial charge in [-0.25, -0.2) is 0 Å². The molecule has 0 bridgehead atoms. The summed E-state index contributed by atoms with van der Waals surface area (Å²) >= 11 is 0. The van der Waals surface area contributed by atoms with Crippen molar-refractivity contribution >= 4 is 0 Å². The van der Waals surface area contributed by atoms with Gasteiger partial charge in [0.1, 0.15) is 0 Å². The van der Waals surface area contributed by atoms with Crippen molar-refractivity contribution in [2.24, 2.45) is 0 Å². The highest BCUT2D eigenvalue weighted by Crippen LogP contribution is 2.24. The summed E-state index contributed by atoms with van der Waals surface area (Å²) in [6, 6.07) is 0. The Kier molecular flexibility index (Phi) is 4.90. The minimum Gasteiger partial charge on any atom is -0.373 e. The van der Waals surface area contributed by atoms with E-state index in [0.717, 1.165) is 25.9 Å². The first kappa shape index (κ1) is 12.0. The van der Waals surface area contributed by atoms with E-state index in [1.54, 1.807) is 0 Å². The summed E-state index contributed by atoms with van der Waals surface area (Å²) in [5.74, 6) is 1.42. The molecule has 0 aromatic carbocycles. The van der Waals surface area contributed by atoms with Gasteiger partial charge in [0, 0.05) is 0 Å². The molecule has 1 radical (unpaired) electrons. The molecule has 1 heterocycles. The molecule has 2 nitrogen and oxygen atoms in total. The van der Waals surface area contributed by atoms with Crippen LogP contribution in [0, 0.1) is 5.92 Å². The highest BCUT2D eigenvalue weighted by molar-refractivity contribution is 4.87. The van der Waals surface area contributed by atoms with Gasteiger partial charge in [-0.15, -0.1) is 0 Å². The van der Waals surface area contributed by atoms with E-state index < -0.39 is 0 Å². The summed E-state index contributed by atoms with van der Waals surface area (Å²) in [7, 11) is 0. The fourth-order valence-electron chi connectivity index (χ4n) is 1.88. The smallest absolute Gasteiger partial charge is 0.0843 e. The highest BCUT2D eigenvalue weighted by Gasteiger charge is 2.30. The Morgan fingerprint density at radius 2 is 1.86 bits per heavy atom. The molecule has 3 atom stereocenters. The summed E-state index contributed by atoms with van der Waals surface area (Å²) in [5.41, 5.74) is 0. The molecule has 0 N–H and O–H groups in total. The zero-order valence-corrected chi connectivity index (χ0v) is 9.88. The van der Waals surface area contributed by atoms with Gasteiger partial charge in [-0.2, -0.15) is 0 Å². The predicted molar refractivity (Wildman–Crippen MR) is 58.2 cm³/mol. The van der Waals surface area contributed by atoms with Crippen LogP contribution in [0.25, 0.3) is 0 Å². The fourth-order valence-corrected chi connectivity index (χ4v) is 1.88. The maximum atomic E-state index is 5.96. The van der Waals surface area contributed by atoms with Gasteiger partial charge in [0.15, 0.2) is 0 Å². The lowest BCUT2D eigenvalue weighted by atomic mass is 9.99. The van der Waals surface area contributed by atoms with Gasteiger partial charge >= 0.3 is 0 Å². The van der Waals surface area contributed by atoms with E-state index >= 15 is 0 Å². The van der Waals surface area contributed by atoms with Gasteiger partial charge in [-0.05, 0) is 25.2 Å². The Labute approximate surface area is 88.0 Å². The number of rotatable bonds is 4. The lowest BCUT2D eigenvalue weighted by Gasteiger charge is -2.36. The highest BCUT2D eigenvalue weighted by atomic mass is 16.6. The molecule has 1 aliphatic heterocycles. The van der Waals surface area contributed by atoms with Gasteiger partial charge in [-0.3, -0.25) is 0 Å². The summed E-state index contributed by atoms with van der Waals surface area (Å²) < 4.78 is 11.8. The molecule has 0 amide bonds. The summed E-state index contributed by atoms with van der Waals surface area (Å²) in [4.78, 5) is 0. The van der Waals surface area contributed by atoms with Gasteiger partial charge in [0.2, 0.25) is 0 Å². The van der Waals surface area contributed by atoms with Crippen LogP contribution in [0.5, 0.6) is 0 Å². The van der Waals surface area contributed by atoms with Crippen LogP contribution in [0.2, 0.25) is 0 Å². The third kappa shape index (κ3) is 3.25. The molecule has 2 heteroatoms. The van der Waals surface area contributed by atoms with Crippen LogP contribution >= 0.6 is 0 Å². The Morgan fingerprint density at radius 1 is 1.14 bits per heavy atom.